The Balaban J connectivity index is 1.44. The summed E-state index contributed by atoms with van der Waals surface area (Å²) in [4.78, 5) is 24.1. The minimum absolute atomic E-state index is 0.0178. The first-order chi connectivity index (χ1) is 12.7. The first-order valence-corrected chi connectivity index (χ1v) is 9.41. The first-order valence-electron chi connectivity index (χ1n) is 9.41. The van der Waals surface area contributed by atoms with Crippen LogP contribution in [-0.2, 0) is 11.3 Å². The van der Waals surface area contributed by atoms with E-state index in [0.29, 0.717) is 18.0 Å². The minimum atomic E-state index is -0.213. The second-order valence-electron chi connectivity index (χ2n) is 6.90. The van der Waals surface area contributed by atoms with Gasteiger partial charge in [-0.2, -0.15) is 0 Å². The highest BCUT2D eigenvalue weighted by Crippen LogP contribution is 2.32. The van der Waals surface area contributed by atoms with Gasteiger partial charge in [0, 0.05) is 12.1 Å². The summed E-state index contributed by atoms with van der Waals surface area (Å²) in [6.45, 7) is 0.446. The van der Waals surface area contributed by atoms with Gasteiger partial charge in [-0.15, -0.1) is 0 Å². The number of carbonyl (C=O) groups is 2. The molecule has 0 aromatic heterocycles. The number of amides is 2. The number of benzene rings is 2. The van der Waals surface area contributed by atoms with Crippen LogP contribution in [0.2, 0.25) is 0 Å². The summed E-state index contributed by atoms with van der Waals surface area (Å²) in [6.07, 6.45) is 6.42. The maximum absolute atomic E-state index is 12.2. The molecule has 0 atom stereocenters. The average Bonchev–Trinajstić information content (AvgIpc) is 2.72. The summed E-state index contributed by atoms with van der Waals surface area (Å²) in [5.41, 5.74) is 2.95. The first kappa shape index (κ1) is 18.2. The molecule has 136 valence electrons. The van der Waals surface area contributed by atoms with Crippen LogP contribution in [0.3, 0.4) is 0 Å². The van der Waals surface area contributed by atoms with Gasteiger partial charge >= 0.3 is 0 Å². The molecule has 4 heteroatoms. The Labute approximate surface area is 155 Å². The van der Waals surface area contributed by atoms with Crippen LogP contribution < -0.4 is 10.6 Å². The molecule has 1 aliphatic carbocycles. The van der Waals surface area contributed by atoms with E-state index in [1.165, 1.54) is 37.7 Å². The lowest BCUT2D eigenvalue weighted by Gasteiger charge is -2.22. The maximum Gasteiger partial charge on any atom is 0.251 e. The third-order valence-electron chi connectivity index (χ3n) is 4.99. The molecule has 4 nitrogen and oxygen atoms in total. The molecule has 3 rings (SSSR count). The van der Waals surface area contributed by atoms with E-state index in [2.05, 4.69) is 22.8 Å². The minimum Gasteiger partial charge on any atom is -0.350 e. The van der Waals surface area contributed by atoms with Crippen molar-refractivity contribution in [1.29, 1.82) is 0 Å². The summed E-state index contributed by atoms with van der Waals surface area (Å²) in [7, 11) is 0. The summed E-state index contributed by atoms with van der Waals surface area (Å²) < 4.78 is 0. The molecule has 0 unspecified atom stereocenters. The quantitative estimate of drug-likeness (QED) is 0.833. The largest absolute Gasteiger partial charge is 0.350 e. The second-order valence-corrected chi connectivity index (χ2v) is 6.90. The van der Waals surface area contributed by atoms with Crippen LogP contribution in [0, 0.1) is 0 Å². The SMILES string of the molecule is O=C(CNC(=O)c1ccc(C2CCCCC2)cc1)NCc1ccccc1. The van der Waals surface area contributed by atoms with E-state index in [1.807, 2.05) is 42.5 Å². The summed E-state index contributed by atoms with van der Waals surface area (Å²) in [5, 5.41) is 5.49. The smallest absolute Gasteiger partial charge is 0.251 e. The zero-order valence-electron chi connectivity index (χ0n) is 15.0. The topological polar surface area (TPSA) is 58.2 Å². The van der Waals surface area contributed by atoms with Gasteiger partial charge in [0.25, 0.3) is 5.91 Å². The lowest BCUT2D eigenvalue weighted by Crippen LogP contribution is -2.36. The molecule has 2 N–H and O–H groups in total. The molecule has 2 amide bonds. The Kier molecular flexibility index (Phi) is 6.42. The predicted octanol–water partition coefficient (Wildman–Crippen LogP) is 3.78. The van der Waals surface area contributed by atoms with Crippen molar-refractivity contribution in [1.82, 2.24) is 10.6 Å². The van der Waals surface area contributed by atoms with Crippen LogP contribution in [-0.4, -0.2) is 18.4 Å². The highest BCUT2D eigenvalue weighted by molar-refractivity contribution is 5.96. The molecule has 0 saturated heterocycles. The molecule has 2 aromatic carbocycles. The van der Waals surface area contributed by atoms with Crippen molar-refractivity contribution in [2.75, 3.05) is 6.54 Å². The number of rotatable bonds is 6. The van der Waals surface area contributed by atoms with E-state index in [9.17, 15) is 9.59 Å². The van der Waals surface area contributed by atoms with Crippen LogP contribution in [0.1, 0.15) is 59.5 Å². The molecule has 0 bridgehead atoms. The summed E-state index contributed by atoms with van der Waals surface area (Å²) in [5.74, 6) is 0.223. The van der Waals surface area contributed by atoms with Gasteiger partial charge in [-0.1, -0.05) is 61.7 Å². The Morgan fingerprint density at radius 1 is 0.846 bits per heavy atom. The number of hydrogen-bond acceptors (Lipinski definition) is 2. The molecule has 1 fully saturated rings. The third-order valence-corrected chi connectivity index (χ3v) is 4.99. The molecule has 1 saturated carbocycles. The van der Waals surface area contributed by atoms with Crippen molar-refractivity contribution < 1.29 is 9.59 Å². The van der Waals surface area contributed by atoms with Crippen molar-refractivity contribution in [3.8, 4) is 0 Å². The van der Waals surface area contributed by atoms with Crippen molar-refractivity contribution in [2.45, 2.75) is 44.6 Å². The highest BCUT2D eigenvalue weighted by Gasteiger charge is 2.16. The van der Waals surface area contributed by atoms with E-state index in [-0.39, 0.29) is 18.4 Å². The van der Waals surface area contributed by atoms with E-state index in [0.717, 1.165) is 5.56 Å². The Morgan fingerprint density at radius 3 is 2.23 bits per heavy atom. The van der Waals surface area contributed by atoms with E-state index < -0.39 is 0 Å². The van der Waals surface area contributed by atoms with E-state index in [1.54, 1.807) is 0 Å². The highest BCUT2D eigenvalue weighted by atomic mass is 16.2. The van der Waals surface area contributed by atoms with Gasteiger partial charge in [0.05, 0.1) is 6.54 Å². The van der Waals surface area contributed by atoms with Crippen LogP contribution in [0.5, 0.6) is 0 Å². The van der Waals surface area contributed by atoms with Gasteiger partial charge in [0.1, 0.15) is 0 Å². The normalized spacial score (nSPS) is 14.6. The third kappa shape index (κ3) is 5.19. The molecule has 0 spiro atoms. The van der Waals surface area contributed by atoms with Gasteiger partial charge in [-0.3, -0.25) is 9.59 Å². The fraction of sp³-hybridized carbons (Fsp3) is 0.364. The zero-order chi connectivity index (χ0) is 18.2. The van der Waals surface area contributed by atoms with E-state index >= 15 is 0 Å². The van der Waals surface area contributed by atoms with Gasteiger partial charge in [0.15, 0.2) is 0 Å². The molecular formula is C22H26N2O2. The van der Waals surface area contributed by atoms with Gasteiger partial charge < -0.3 is 10.6 Å². The van der Waals surface area contributed by atoms with Crippen LogP contribution in [0.25, 0.3) is 0 Å². The summed E-state index contributed by atoms with van der Waals surface area (Å²) >= 11 is 0. The monoisotopic (exact) mass is 350 g/mol. The molecule has 0 aliphatic heterocycles. The predicted molar refractivity (Wildman–Crippen MR) is 103 cm³/mol. The van der Waals surface area contributed by atoms with Crippen LogP contribution in [0.4, 0.5) is 0 Å². The maximum atomic E-state index is 12.2. The fourth-order valence-electron chi connectivity index (χ4n) is 3.46. The molecule has 1 aliphatic rings. The Morgan fingerprint density at radius 2 is 1.54 bits per heavy atom. The van der Waals surface area contributed by atoms with Gasteiger partial charge in [-0.05, 0) is 42.0 Å². The van der Waals surface area contributed by atoms with Crippen molar-refractivity contribution in [3.63, 3.8) is 0 Å². The van der Waals surface area contributed by atoms with Gasteiger partial charge in [-0.25, -0.2) is 0 Å². The molecule has 0 radical (unpaired) electrons. The molecule has 26 heavy (non-hydrogen) atoms. The molecule has 2 aromatic rings. The van der Waals surface area contributed by atoms with Crippen molar-refractivity contribution >= 4 is 11.8 Å². The molecular weight excluding hydrogens is 324 g/mol. The summed E-state index contributed by atoms with van der Waals surface area (Å²) in [6, 6.07) is 17.5. The lowest BCUT2D eigenvalue weighted by atomic mass is 9.84. The Hall–Kier alpha value is -2.62. The van der Waals surface area contributed by atoms with Crippen LogP contribution in [0.15, 0.2) is 54.6 Å². The average molecular weight is 350 g/mol. The van der Waals surface area contributed by atoms with Crippen LogP contribution >= 0.6 is 0 Å². The fourth-order valence-corrected chi connectivity index (χ4v) is 3.46. The van der Waals surface area contributed by atoms with Crippen molar-refractivity contribution in [2.24, 2.45) is 0 Å². The lowest BCUT2D eigenvalue weighted by molar-refractivity contribution is -0.120. The van der Waals surface area contributed by atoms with E-state index in [4.69, 9.17) is 0 Å². The number of nitrogens with one attached hydrogen (secondary N) is 2. The van der Waals surface area contributed by atoms with Crippen molar-refractivity contribution in [3.05, 3.63) is 71.3 Å². The zero-order valence-corrected chi connectivity index (χ0v) is 15.0. The second kappa shape index (κ2) is 9.18. The standard InChI is InChI=1S/C22H26N2O2/c25-21(23-15-17-7-3-1-4-8-17)16-24-22(26)20-13-11-19(12-14-20)18-9-5-2-6-10-18/h1,3-4,7-8,11-14,18H,2,5-6,9-10,15-16H2,(H,23,25)(H,24,26). The Bertz CT molecular complexity index is 720. The number of carbonyl (C=O) groups excluding carboxylic acids is 2. The molecule has 0 heterocycles. The number of hydrogen-bond donors (Lipinski definition) is 2. The van der Waals surface area contributed by atoms with Gasteiger partial charge in [0.2, 0.25) is 5.91 Å².